The third-order valence-electron chi connectivity index (χ3n) is 4.34. The molecule has 0 amide bonds. The summed E-state index contributed by atoms with van der Waals surface area (Å²) in [5.41, 5.74) is 1.44. The molecule has 1 N–H and O–H groups in total. The smallest absolute Gasteiger partial charge is 0.0834 e. The van der Waals surface area contributed by atoms with Gasteiger partial charge in [0.1, 0.15) is 0 Å². The molecule has 2 heteroatoms. The maximum Gasteiger partial charge on any atom is 0.0834 e. The van der Waals surface area contributed by atoms with Crippen LogP contribution in [0.15, 0.2) is 30.3 Å². The van der Waals surface area contributed by atoms with Crippen LogP contribution in [0.4, 0.5) is 0 Å². The Morgan fingerprint density at radius 1 is 1.11 bits per heavy atom. The molecule has 0 saturated heterocycles. The van der Waals surface area contributed by atoms with E-state index in [-0.39, 0.29) is 12.2 Å². The number of aliphatic hydroxyl groups is 1. The second kappa shape index (κ2) is 5.41. The normalized spacial score (nSPS) is 35.4. The van der Waals surface area contributed by atoms with Gasteiger partial charge in [0, 0.05) is 0 Å². The van der Waals surface area contributed by atoms with Gasteiger partial charge in [0.25, 0.3) is 0 Å². The van der Waals surface area contributed by atoms with Gasteiger partial charge in [-0.05, 0) is 36.7 Å². The molecule has 2 aliphatic rings. The molecular weight excluding hydrogens is 224 g/mol. The Hall–Kier alpha value is -0.860. The fourth-order valence-electron chi connectivity index (χ4n) is 3.06. The van der Waals surface area contributed by atoms with Gasteiger partial charge in [-0.15, -0.1) is 0 Å². The Kier molecular flexibility index (Phi) is 3.67. The van der Waals surface area contributed by atoms with E-state index in [2.05, 4.69) is 30.3 Å². The third-order valence-corrected chi connectivity index (χ3v) is 4.34. The van der Waals surface area contributed by atoms with Gasteiger partial charge in [-0.25, -0.2) is 0 Å². The standard InChI is InChI=1S/C16H22O2/c17-15-8-4-5-9-16(15)18-11-13-10-14(13)12-6-2-1-3-7-12/h1-3,6-7,13-17H,4-5,8-11H2/t13-,14-,15-,16-/m1/s1. The van der Waals surface area contributed by atoms with Gasteiger partial charge in [0.05, 0.1) is 18.8 Å². The lowest BCUT2D eigenvalue weighted by molar-refractivity contribution is -0.0621. The van der Waals surface area contributed by atoms with Crippen molar-refractivity contribution in [2.75, 3.05) is 6.61 Å². The van der Waals surface area contributed by atoms with Crippen molar-refractivity contribution in [2.24, 2.45) is 5.92 Å². The van der Waals surface area contributed by atoms with Crippen LogP contribution in [-0.2, 0) is 4.74 Å². The van der Waals surface area contributed by atoms with Crippen LogP contribution in [0.1, 0.15) is 43.6 Å². The summed E-state index contributed by atoms with van der Waals surface area (Å²) in [4.78, 5) is 0. The first-order chi connectivity index (χ1) is 8.84. The van der Waals surface area contributed by atoms with E-state index < -0.39 is 0 Å². The molecule has 2 nitrogen and oxygen atoms in total. The van der Waals surface area contributed by atoms with Crippen LogP contribution < -0.4 is 0 Å². The van der Waals surface area contributed by atoms with E-state index in [1.807, 2.05) is 0 Å². The van der Waals surface area contributed by atoms with Crippen molar-refractivity contribution in [3.05, 3.63) is 35.9 Å². The minimum atomic E-state index is -0.229. The number of hydrogen-bond acceptors (Lipinski definition) is 2. The molecule has 1 aromatic rings. The molecule has 18 heavy (non-hydrogen) atoms. The van der Waals surface area contributed by atoms with Crippen molar-refractivity contribution in [3.8, 4) is 0 Å². The summed E-state index contributed by atoms with van der Waals surface area (Å²) in [6, 6.07) is 10.7. The van der Waals surface area contributed by atoms with E-state index in [1.54, 1.807) is 0 Å². The highest BCUT2D eigenvalue weighted by molar-refractivity contribution is 5.25. The molecule has 0 heterocycles. The molecule has 0 unspecified atom stereocenters. The first-order valence-corrected chi connectivity index (χ1v) is 7.19. The Bertz CT molecular complexity index is 376. The van der Waals surface area contributed by atoms with E-state index in [1.165, 1.54) is 18.4 Å². The summed E-state index contributed by atoms with van der Waals surface area (Å²) in [6.07, 6.45) is 5.41. The Labute approximate surface area is 109 Å². The molecular formula is C16H22O2. The molecule has 3 rings (SSSR count). The lowest BCUT2D eigenvalue weighted by atomic mass is 9.95. The van der Waals surface area contributed by atoms with E-state index in [4.69, 9.17) is 4.74 Å². The summed E-state index contributed by atoms with van der Waals surface area (Å²) in [7, 11) is 0. The number of hydrogen-bond donors (Lipinski definition) is 1. The highest BCUT2D eigenvalue weighted by atomic mass is 16.5. The van der Waals surface area contributed by atoms with Crippen molar-refractivity contribution in [2.45, 2.75) is 50.2 Å². The molecule has 98 valence electrons. The van der Waals surface area contributed by atoms with Crippen LogP contribution in [0.3, 0.4) is 0 Å². The summed E-state index contributed by atoms with van der Waals surface area (Å²) in [5.74, 6) is 1.36. The zero-order valence-electron chi connectivity index (χ0n) is 10.8. The summed E-state index contributed by atoms with van der Waals surface area (Å²) in [6.45, 7) is 0.821. The minimum absolute atomic E-state index is 0.0933. The maximum atomic E-state index is 9.86. The van der Waals surface area contributed by atoms with Gasteiger partial charge < -0.3 is 9.84 Å². The maximum absolute atomic E-state index is 9.86. The second-order valence-corrected chi connectivity index (χ2v) is 5.74. The summed E-state index contributed by atoms with van der Waals surface area (Å²) in [5, 5.41) is 9.86. The fraction of sp³-hybridized carbons (Fsp3) is 0.625. The first-order valence-electron chi connectivity index (χ1n) is 7.19. The molecule has 0 bridgehead atoms. The number of ether oxygens (including phenoxy) is 1. The van der Waals surface area contributed by atoms with Gasteiger partial charge in [-0.1, -0.05) is 43.2 Å². The fourth-order valence-corrected chi connectivity index (χ4v) is 3.06. The molecule has 2 aliphatic carbocycles. The molecule has 1 aromatic carbocycles. The van der Waals surface area contributed by atoms with Crippen LogP contribution in [0.5, 0.6) is 0 Å². The molecule has 2 saturated carbocycles. The van der Waals surface area contributed by atoms with Crippen molar-refractivity contribution in [1.82, 2.24) is 0 Å². The van der Waals surface area contributed by atoms with Gasteiger partial charge in [-0.2, -0.15) is 0 Å². The Morgan fingerprint density at radius 2 is 1.89 bits per heavy atom. The summed E-state index contributed by atoms with van der Waals surface area (Å²) >= 11 is 0. The predicted molar refractivity (Wildman–Crippen MR) is 71.5 cm³/mol. The largest absolute Gasteiger partial charge is 0.390 e. The average molecular weight is 246 g/mol. The quantitative estimate of drug-likeness (QED) is 0.884. The highest BCUT2D eigenvalue weighted by Gasteiger charge is 2.39. The minimum Gasteiger partial charge on any atom is -0.390 e. The second-order valence-electron chi connectivity index (χ2n) is 5.74. The van der Waals surface area contributed by atoms with Crippen molar-refractivity contribution in [3.63, 3.8) is 0 Å². The van der Waals surface area contributed by atoms with Gasteiger partial charge in [0.15, 0.2) is 0 Å². The monoisotopic (exact) mass is 246 g/mol. The van der Waals surface area contributed by atoms with E-state index >= 15 is 0 Å². The third kappa shape index (κ3) is 2.76. The molecule has 0 spiro atoms. The molecule has 4 atom stereocenters. The van der Waals surface area contributed by atoms with Crippen LogP contribution >= 0.6 is 0 Å². The average Bonchev–Trinajstić information content (AvgIpc) is 3.18. The van der Waals surface area contributed by atoms with Gasteiger partial charge in [-0.3, -0.25) is 0 Å². The van der Waals surface area contributed by atoms with E-state index in [0.29, 0.717) is 11.8 Å². The molecule has 2 fully saturated rings. The van der Waals surface area contributed by atoms with Crippen molar-refractivity contribution in [1.29, 1.82) is 0 Å². The van der Waals surface area contributed by atoms with Crippen LogP contribution in [-0.4, -0.2) is 23.9 Å². The van der Waals surface area contributed by atoms with Gasteiger partial charge in [0.2, 0.25) is 0 Å². The van der Waals surface area contributed by atoms with E-state index in [9.17, 15) is 5.11 Å². The highest BCUT2D eigenvalue weighted by Crippen LogP contribution is 2.47. The number of aliphatic hydroxyl groups excluding tert-OH is 1. The van der Waals surface area contributed by atoms with Crippen LogP contribution in [0.2, 0.25) is 0 Å². The molecule has 0 aliphatic heterocycles. The lowest BCUT2D eigenvalue weighted by Gasteiger charge is -2.27. The lowest BCUT2D eigenvalue weighted by Crippen LogP contribution is -2.32. The predicted octanol–water partition coefficient (Wildman–Crippen LogP) is 3.11. The van der Waals surface area contributed by atoms with Gasteiger partial charge >= 0.3 is 0 Å². The molecule has 0 aromatic heterocycles. The molecule has 0 radical (unpaired) electrons. The number of benzene rings is 1. The van der Waals surface area contributed by atoms with Crippen molar-refractivity contribution < 1.29 is 9.84 Å². The van der Waals surface area contributed by atoms with Crippen molar-refractivity contribution >= 4 is 0 Å². The Morgan fingerprint density at radius 3 is 2.67 bits per heavy atom. The SMILES string of the molecule is O[C@@H]1CCCC[C@H]1OC[C@H]1C[C@@H]1c1ccccc1. The first kappa shape index (κ1) is 12.2. The topological polar surface area (TPSA) is 29.5 Å². The number of rotatable bonds is 4. The van der Waals surface area contributed by atoms with Crippen LogP contribution in [0, 0.1) is 5.92 Å². The Balaban J connectivity index is 1.46. The zero-order chi connectivity index (χ0) is 12.4. The zero-order valence-corrected chi connectivity index (χ0v) is 10.8. The summed E-state index contributed by atoms with van der Waals surface area (Å²) < 4.78 is 5.92. The van der Waals surface area contributed by atoms with Crippen LogP contribution in [0.25, 0.3) is 0 Å². The van der Waals surface area contributed by atoms with E-state index in [0.717, 1.165) is 25.9 Å².